The predicted molar refractivity (Wildman–Crippen MR) is 297 cm³/mol. The first-order chi connectivity index (χ1) is 35.6. The third-order valence-corrected chi connectivity index (χ3v) is 15.2. The van der Waals surface area contributed by atoms with Crippen molar-refractivity contribution in [2.75, 3.05) is 0 Å². The number of hydrogen-bond donors (Lipinski definition) is 0. The number of rotatable bonds is 8. The molecule has 0 unspecified atom stereocenters. The maximum atomic E-state index is 10.5. The van der Waals surface area contributed by atoms with Crippen LogP contribution < -0.4 is 0 Å². The molecule has 7 heteroatoms. The molecule has 0 aliphatic carbocycles. The maximum absolute atomic E-state index is 10.5. The van der Waals surface area contributed by atoms with Gasteiger partial charge in [-0.2, -0.15) is 5.26 Å². The van der Waals surface area contributed by atoms with Gasteiger partial charge in [-0.25, -0.2) is 15.0 Å². The highest BCUT2D eigenvalue weighted by molar-refractivity contribution is 7.26. The average molecular weight is 937 g/mol. The summed E-state index contributed by atoms with van der Waals surface area (Å²) < 4.78 is 7.40. The van der Waals surface area contributed by atoms with E-state index in [-0.39, 0.29) is 0 Å². The lowest BCUT2D eigenvalue weighted by molar-refractivity contribution is 0.925. The summed E-state index contributed by atoms with van der Waals surface area (Å²) in [5.74, 6) is 1.76. The van der Waals surface area contributed by atoms with Crippen LogP contribution in [0.2, 0.25) is 0 Å². The standard InChI is InChI=1S/C65H40N6S/c66-40-41-32-34-54(48(36-41)39-60-67-64(46-22-13-20-44(37-46)42-16-3-1-4-17-42)69-65(68-60)47-23-14-21-45(38-47)43-18-5-2-6-19-43)71-55-28-10-7-24-49(55)51-33-35-57-61(62(51)71)53-26-8-11-29-56(53)70(57)58-30-15-27-52-50-25-9-12-31-59(50)72-63(52)58/h1-38H,39H2. The van der Waals surface area contributed by atoms with Crippen LogP contribution in [0.15, 0.2) is 231 Å². The molecular weight excluding hydrogens is 897 g/mol. The lowest BCUT2D eigenvalue weighted by Gasteiger charge is -2.16. The van der Waals surface area contributed by atoms with E-state index in [1.54, 1.807) is 0 Å². The molecule has 4 heterocycles. The molecule has 4 aromatic heterocycles. The molecule has 0 amide bonds. The van der Waals surface area contributed by atoms with Gasteiger partial charge in [-0.05, 0) is 88.5 Å². The molecule has 6 nitrogen and oxygen atoms in total. The van der Waals surface area contributed by atoms with E-state index < -0.39 is 0 Å². The van der Waals surface area contributed by atoms with Crippen molar-refractivity contribution in [2.45, 2.75) is 6.42 Å². The summed E-state index contributed by atoms with van der Waals surface area (Å²) in [6.45, 7) is 0. The second kappa shape index (κ2) is 16.9. The molecule has 0 saturated heterocycles. The van der Waals surface area contributed by atoms with Crippen LogP contribution in [0.1, 0.15) is 17.0 Å². The number of fused-ring (bicyclic) bond motifs is 10. The van der Waals surface area contributed by atoms with Gasteiger partial charge in [0.05, 0.1) is 44.1 Å². The Morgan fingerprint density at radius 1 is 0.403 bits per heavy atom. The first-order valence-electron chi connectivity index (χ1n) is 24.1. The van der Waals surface area contributed by atoms with E-state index in [4.69, 9.17) is 15.0 Å². The first-order valence-corrected chi connectivity index (χ1v) is 24.9. The Bertz CT molecular complexity index is 4400. The Labute approximate surface area is 418 Å². The van der Waals surface area contributed by atoms with Gasteiger partial charge in [-0.1, -0.05) is 170 Å². The molecular formula is C65H40N6S. The van der Waals surface area contributed by atoms with Crippen molar-refractivity contribution in [3.8, 4) is 62.5 Å². The Hall–Kier alpha value is -9.48. The van der Waals surface area contributed by atoms with Crippen LogP contribution in [0.25, 0.3) is 120 Å². The lowest BCUT2D eigenvalue weighted by atomic mass is 10.0. The minimum Gasteiger partial charge on any atom is -0.308 e. The van der Waals surface area contributed by atoms with Crippen LogP contribution in [0.3, 0.4) is 0 Å². The van der Waals surface area contributed by atoms with Crippen molar-refractivity contribution in [2.24, 2.45) is 0 Å². The molecule has 14 rings (SSSR count). The zero-order valence-corrected chi connectivity index (χ0v) is 39.6. The minimum absolute atomic E-state index is 0.337. The van der Waals surface area contributed by atoms with Crippen molar-refractivity contribution in [1.29, 1.82) is 5.26 Å². The van der Waals surface area contributed by atoms with Crippen LogP contribution in [0, 0.1) is 11.3 Å². The van der Waals surface area contributed by atoms with Gasteiger partial charge in [0, 0.05) is 60.3 Å². The highest BCUT2D eigenvalue weighted by Gasteiger charge is 2.24. The maximum Gasteiger partial charge on any atom is 0.163 e. The molecule has 0 bridgehead atoms. The predicted octanol–water partition coefficient (Wildman–Crippen LogP) is 16.6. The molecule has 0 spiro atoms. The molecule has 0 fully saturated rings. The molecule has 0 saturated carbocycles. The van der Waals surface area contributed by atoms with Crippen molar-refractivity contribution in [3.05, 3.63) is 247 Å². The smallest absolute Gasteiger partial charge is 0.163 e. The highest BCUT2D eigenvalue weighted by Crippen LogP contribution is 2.45. The van der Waals surface area contributed by atoms with E-state index in [0.29, 0.717) is 29.5 Å². The van der Waals surface area contributed by atoms with Gasteiger partial charge >= 0.3 is 0 Å². The van der Waals surface area contributed by atoms with Crippen LogP contribution >= 0.6 is 11.3 Å². The zero-order valence-electron chi connectivity index (χ0n) is 38.7. The number of aromatic nitrogens is 5. The van der Waals surface area contributed by atoms with Crippen LogP contribution in [0.5, 0.6) is 0 Å². The van der Waals surface area contributed by atoms with Crippen molar-refractivity contribution in [3.63, 3.8) is 0 Å². The molecule has 0 aliphatic rings. The van der Waals surface area contributed by atoms with Crippen LogP contribution in [-0.2, 0) is 6.42 Å². The summed E-state index contributed by atoms with van der Waals surface area (Å²) in [7, 11) is 0. The van der Waals surface area contributed by atoms with Gasteiger partial charge in [-0.3, -0.25) is 0 Å². The Balaban J connectivity index is 0.996. The van der Waals surface area contributed by atoms with Gasteiger partial charge < -0.3 is 9.13 Å². The van der Waals surface area contributed by atoms with Crippen LogP contribution in [0.4, 0.5) is 0 Å². The molecule has 10 aromatic carbocycles. The van der Waals surface area contributed by atoms with Gasteiger partial charge in [0.1, 0.15) is 5.82 Å². The van der Waals surface area contributed by atoms with Gasteiger partial charge in [-0.15, -0.1) is 11.3 Å². The normalized spacial score (nSPS) is 11.7. The third-order valence-electron chi connectivity index (χ3n) is 14.0. The molecule has 0 aliphatic heterocycles. The fourth-order valence-corrected chi connectivity index (χ4v) is 12.0. The average Bonchev–Trinajstić information content (AvgIpc) is 4.11. The quantitative estimate of drug-likeness (QED) is 0.152. The number of nitrogens with zero attached hydrogens (tertiary/aromatic N) is 6. The summed E-state index contributed by atoms with van der Waals surface area (Å²) >= 11 is 1.85. The fraction of sp³-hybridized carbons (Fsp3) is 0.0154. The second-order valence-electron chi connectivity index (χ2n) is 18.2. The van der Waals surface area contributed by atoms with E-state index in [1.807, 2.05) is 35.6 Å². The summed E-state index contributed by atoms with van der Waals surface area (Å²) in [6, 6.07) is 83.5. The van der Waals surface area contributed by atoms with Crippen molar-refractivity contribution >= 4 is 75.1 Å². The molecule has 14 aromatic rings. The summed E-state index contributed by atoms with van der Waals surface area (Å²) in [5.41, 5.74) is 14.2. The third kappa shape index (κ3) is 6.80. The largest absolute Gasteiger partial charge is 0.308 e. The summed E-state index contributed by atoms with van der Waals surface area (Å²) in [6.07, 6.45) is 0.337. The molecule has 0 radical (unpaired) electrons. The molecule has 72 heavy (non-hydrogen) atoms. The van der Waals surface area contributed by atoms with E-state index in [9.17, 15) is 5.26 Å². The van der Waals surface area contributed by atoms with Crippen molar-refractivity contribution in [1.82, 2.24) is 24.1 Å². The fourth-order valence-electron chi connectivity index (χ4n) is 10.8. The highest BCUT2D eigenvalue weighted by atomic mass is 32.1. The number of thiophene rings is 1. The Morgan fingerprint density at radius 3 is 1.67 bits per heavy atom. The monoisotopic (exact) mass is 936 g/mol. The zero-order chi connectivity index (χ0) is 47.7. The van der Waals surface area contributed by atoms with Gasteiger partial charge in [0.15, 0.2) is 11.6 Å². The van der Waals surface area contributed by atoms with E-state index in [2.05, 4.69) is 221 Å². The Morgan fingerprint density at radius 2 is 0.972 bits per heavy atom. The molecule has 0 N–H and O–H groups in total. The van der Waals surface area contributed by atoms with Crippen molar-refractivity contribution < 1.29 is 0 Å². The summed E-state index contributed by atoms with van der Waals surface area (Å²) in [4.78, 5) is 15.8. The second-order valence-corrected chi connectivity index (χ2v) is 19.3. The number of nitriles is 1. The van der Waals surface area contributed by atoms with E-state index in [0.717, 1.165) is 93.9 Å². The lowest BCUT2D eigenvalue weighted by Crippen LogP contribution is -2.07. The topological polar surface area (TPSA) is 72.3 Å². The number of benzene rings is 10. The van der Waals surface area contributed by atoms with Gasteiger partial charge in [0.2, 0.25) is 0 Å². The molecule has 336 valence electrons. The van der Waals surface area contributed by atoms with E-state index in [1.165, 1.54) is 20.2 Å². The molecule has 0 atom stereocenters. The van der Waals surface area contributed by atoms with Crippen LogP contribution in [-0.4, -0.2) is 24.1 Å². The van der Waals surface area contributed by atoms with E-state index >= 15 is 0 Å². The number of hydrogen-bond acceptors (Lipinski definition) is 5. The van der Waals surface area contributed by atoms with Gasteiger partial charge in [0.25, 0.3) is 0 Å². The number of para-hydroxylation sites is 2. The SMILES string of the molecule is N#Cc1ccc(-n2c3ccccc3c3ccc4c(c5ccccc5n4-c4cccc5c4sc4ccccc45)c32)c(Cc2nc(-c3cccc(-c4ccccc4)c3)nc(-c3cccc(-c4ccccc4)c3)n2)c1. The first kappa shape index (κ1) is 41.5. The minimum atomic E-state index is 0.337. The summed E-state index contributed by atoms with van der Waals surface area (Å²) in [5, 5.41) is 17.7. The Kier molecular flexibility index (Phi) is 9.73.